The molecule has 96 valence electrons. The van der Waals surface area contributed by atoms with E-state index >= 15 is 0 Å². The second-order valence-electron chi connectivity index (χ2n) is 3.81. The molecule has 0 aromatic carbocycles. The van der Waals surface area contributed by atoms with Gasteiger partial charge in [0.15, 0.2) is 5.65 Å². The molecular formula is C12H12N6O. The molecule has 3 heterocycles. The standard InChI is InChI=1S/C12H12N6O/c1-19-11-4-6-14-12(17-11)15-8-9-2-5-13-10-3-7-16-18(9)10/h2-7H,8H2,1H3,(H,14,15,17). The molecule has 0 atom stereocenters. The Morgan fingerprint density at radius 2 is 2.05 bits per heavy atom. The maximum absolute atomic E-state index is 5.05. The van der Waals surface area contributed by atoms with Crippen LogP contribution in [0.15, 0.2) is 36.8 Å². The van der Waals surface area contributed by atoms with Crippen molar-refractivity contribution in [2.75, 3.05) is 12.4 Å². The van der Waals surface area contributed by atoms with E-state index in [1.54, 1.807) is 36.3 Å². The Bertz CT molecular complexity index is 695. The number of methoxy groups -OCH3 is 1. The van der Waals surface area contributed by atoms with Gasteiger partial charge in [0.1, 0.15) is 0 Å². The van der Waals surface area contributed by atoms with Crippen LogP contribution in [0.3, 0.4) is 0 Å². The Hall–Kier alpha value is -2.70. The summed E-state index contributed by atoms with van der Waals surface area (Å²) in [4.78, 5) is 12.5. The first kappa shape index (κ1) is 11.4. The van der Waals surface area contributed by atoms with Crippen LogP contribution in [-0.4, -0.2) is 31.7 Å². The highest BCUT2D eigenvalue weighted by Crippen LogP contribution is 2.09. The molecule has 19 heavy (non-hydrogen) atoms. The average molecular weight is 256 g/mol. The van der Waals surface area contributed by atoms with E-state index in [1.807, 2.05) is 12.1 Å². The molecule has 3 aromatic rings. The second-order valence-corrected chi connectivity index (χ2v) is 3.81. The van der Waals surface area contributed by atoms with Gasteiger partial charge in [0.2, 0.25) is 11.8 Å². The third kappa shape index (κ3) is 2.30. The van der Waals surface area contributed by atoms with Crippen LogP contribution in [0.5, 0.6) is 5.88 Å². The quantitative estimate of drug-likeness (QED) is 0.754. The molecule has 0 amide bonds. The molecule has 0 aliphatic heterocycles. The van der Waals surface area contributed by atoms with Crippen molar-refractivity contribution >= 4 is 11.6 Å². The van der Waals surface area contributed by atoms with E-state index in [9.17, 15) is 0 Å². The number of nitrogens with one attached hydrogen (secondary N) is 1. The van der Waals surface area contributed by atoms with Gasteiger partial charge in [0.25, 0.3) is 0 Å². The molecule has 3 aromatic heterocycles. The first-order valence-corrected chi connectivity index (χ1v) is 5.75. The molecular weight excluding hydrogens is 244 g/mol. The van der Waals surface area contributed by atoms with Gasteiger partial charge in [-0.2, -0.15) is 10.1 Å². The number of fused-ring (bicyclic) bond motifs is 1. The summed E-state index contributed by atoms with van der Waals surface area (Å²) < 4.78 is 6.82. The SMILES string of the molecule is COc1ccnc(NCc2ccnc3ccnn23)n1. The van der Waals surface area contributed by atoms with Crippen molar-refractivity contribution in [3.05, 3.63) is 42.5 Å². The highest BCUT2D eigenvalue weighted by molar-refractivity contribution is 5.37. The molecule has 0 spiro atoms. The Kier molecular flexibility index (Phi) is 2.93. The number of anilines is 1. The Morgan fingerprint density at radius 3 is 2.95 bits per heavy atom. The van der Waals surface area contributed by atoms with Crippen LogP contribution in [0.4, 0.5) is 5.95 Å². The smallest absolute Gasteiger partial charge is 0.226 e. The zero-order valence-electron chi connectivity index (χ0n) is 10.3. The van der Waals surface area contributed by atoms with Gasteiger partial charge in [-0.25, -0.2) is 14.5 Å². The second kappa shape index (κ2) is 4.89. The van der Waals surface area contributed by atoms with E-state index < -0.39 is 0 Å². The van der Waals surface area contributed by atoms with Crippen LogP contribution >= 0.6 is 0 Å². The lowest BCUT2D eigenvalue weighted by Gasteiger charge is -2.07. The van der Waals surface area contributed by atoms with Gasteiger partial charge in [-0.1, -0.05) is 0 Å². The Balaban J connectivity index is 1.80. The summed E-state index contributed by atoms with van der Waals surface area (Å²) in [5.41, 5.74) is 1.78. The summed E-state index contributed by atoms with van der Waals surface area (Å²) in [6, 6.07) is 5.45. The number of rotatable bonds is 4. The molecule has 0 radical (unpaired) electrons. The summed E-state index contributed by atoms with van der Waals surface area (Å²) in [5, 5.41) is 7.34. The molecule has 0 unspecified atom stereocenters. The van der Waals surface area contributed by atoms with E-state index in [4.69, 9.17) is 4.74 Å². The minimum Gasteiger partial charge on any atom is -0.481 e. The highest BCUT2D eigenvalue weighted by atomic mass is 16.5. The molecule has 0 aliphatic carbocycles. The highest BCUT2D eigenvalue weighted by Gasteiger charge is 2.03. The number of hydrogen-bond acceptors (Lipinski definition) is 6. The molecule has 3 rings (SSSR count). The van der Waals surface area contributed by atoms with Crippen molar-refractivity contribution < 1.29 is 4.74 Å². The van der Waals surface area contributed by atoms with Crippen molar-refractivity contribution in [2.24, 2.45) is 0 Å². The van der Waals surface area contributed by atoms with Crippen LogP contribution in [0.1, 0.15) is 5.69 Å². The number of nitrogens with zero attached hydrogens (tertiary/aromatic N) is 5. The first-order chi connectivity index (χ1) is 9.36. The van der Waals surface area contributed by atoms with Gasteiger partial charge >= 0.3 is 0 Å². The molecule has 1 N–H and O–H groups in total. The predicted octanol–water partition coefficient (Wildman–Crippen LogP) is 1.14. The Labute approximate surface area is 109 Å². The third-order valence-electron chi connectivity index (χ3n) is 2.64. The van der Waals surface area contributed by atoms with Gasteiger partial charge in [0, 0.05) is 24.5 Å². The minimum absolute atomic E-state index is 0.511. The van der Waals surface area contributed by atoms with Crippen molar-refractivity contribution in [1.82, 2.24) is 24.6 Å². The normalized spacial score (nSPS) is 10.6. The fraction of sp³-hybridized carbons (Fsp3) is 0.167. The van der Waals surface area contributed by atoms with E-state index in [1.165, 1.54) is 0 Å². The van der Waals surface area contributed by atoms with Crippen molar-refractivity contribution in [2.45, 2.75) is 6.54 Å². The molecule has 7 heteroatoms. The van der Waals surface area contributed by atoms with Crippen molar-refractivity contribution in [3.63, 3.8) is 0 Å². The van der Waals surface area contributed by atoms with Gasteiger partial charge < -0.3 is 10.1 Å². The van der Waals surface area contributed by atoms with Crippen LogP contribution in [0.25, 0.3) is 5.65 Å². The molecule has 0 fully saturated rings. The Morgan fingerprint density at radius 1 is 1.16 bits per heavy atom. The number of ether oxygens (including phenoxy) is 1. The molecule has 7 nitrogen and oxygen atoms in total. The topological polar surface area (TPSA) is 77.2 Å². The van der Waals surface area contributed by atoms with Gasteiger partial charge in [-0.05, 0) is 6.07 Å². The van der Waals surface area contributed by atoms with Gasteiger partial charge in [-0.3, -0.25) is 0 Å². The maximum Gasteiger partial charge on any atom is 0.226 e. The van der Waals surface area contributed by atoms with E-state index in [2.05, 4.69) is 25.4 Å². The van der Waals surface area contributed by atoms with Crippen LogP contribution < -0.4 is 10.1 Å². The number of aromatic nitrogens is 5. The van der Waals surface area contributed by atoms with Crippen molar-refractivity contribution in [3.8, 4) is 5.88 Å². The van der Waals surface area contributed by atoms with E-state index in [-0.39, 0.29) is 0 Å². The summed E-state index contributed by atoms with van der Waals surface area (Å²) in [7, 11) is 1.57. The lowest BCUT2D eigenvalue weighted by molar-refractivity contribution is 0.397. The fourth-order valence-corrected chi connectivity index (χ4v) is 1.73. The minimum atomic E-state index is 0.511. The summed E-state index contributed by atoms with van der Waals surface area (Å²) in [6.07, 6.45) is 5.11. The number of hydrogen-bond donors (Lipinski definition) is 1. The fourth-order valence-electron chi connectivity index (χ4n) is 1.73. The molecule has 0 bridgehead atoms. The van der Waals surface area contributed by atoms with Crippen molar-refractivity contribution in [1.29, 1.82) is 0 Å². The van der Waals surface area contributed by atoms with E-state index in [0.29, 0.717) is 18.4 Å². The lowest BCUT2D eigenvalue weighted by atomic mass is 10.4. The van der Waals surface area contributed by atoms with Crippen LogP contribution in [0, 0.1) is 0 Å². The first-order valence-electron chi connectivity index (χ1n) is 5.75. The maximum atomic E-state index is 5.05. The summed E-state index contributed by atoms with van der Waals surface area (Å²) in [6.45, 7) is 0.549. The van der Waals surface area contributed by atoms with Gasteiger partial charge in [0.05, 0.1) is 25.5 Å². The predicted molar refractivity (Wildman–Crippen MR) is 68.9 cm³/mol. The van der Waals surface area contributed by atoms with Crippen LogP contribution in [-0.2, 0) is 6.54 Å². The largest absolute Gasteiger partial charge is 0.481 e. The lowest BCUT2D eigenvalue weighted by Crippen LogP contribution is -2.08. The molecule has 0 saturated heterocycles. The van der Waals surface area contributed by atoms with Gasteiger partial charge in [-0.15, -0.1) is 0 Å². The third-order valence-corrected chi connectivity index (χ3v) is 2.64. The molecule has 0 aliphatic rings. The average Bonchev–Trinajstić information content (AvgIpc) is 2.94. The zero-order chi connectivity index (χ0) is 13.1. The molecule has 0 saturated carbocycles. The van der Waals surface area contributed by atoms with Crippen LogP contribution in [0.2, 0.25) is 0 Å². The summed E-state index contributed by atoms with van der Waals surface area (Å²) >= 11 is 0. The monoisotopic (exact) mass is 256 g/mol. The summed E-state index contributed by atoms with van der Waals surface area (Å²) in [5.74, 6) is 1.04. The zero-order valence-corrected chi connectivity index (χ0v) is 10.3. The van der Waals surface area contributed by atoms with E-state index in [0.717, 1.165) is 11.3 Å².